The number of carbonyl (C=O) groups excluding carboxylic acids is 2. The zero-order chi connectivity index (χ0) is 22.1. The zero-order valence-corrected chi connectivity index (χ0v) is 16.4. The predicted molar refractivity (Wildman–Crippen MR) is 87.1 cm³/mol. The van der Waals surface area contributed by atoms with Gasteiger partial charge in [0.1, 0.15) is 11.5 Å². The molecule has 28 heavy (non-hydrogen) atoms. The van der Waals surface area contributed by atoms with Crippen molar-refractivity contribution in [2.24, 2.45) is 0 Å². The molecular formula is C13H9F6IO7S. The third-order valence-corrected chi connectivity index (χ3v) is 4.65. The van der Waals surface area contributed by atoms with Gasteiger partial charge in [0.25, 0.3) is 10.1 Å². The largest absolute Gasteiger partial charge is 0.438 e. The van der Waals surface area contributed by atoms with Crippen LogP contribution < -0.4 is 4.74 Å². The average Bonchev–Trinajstić information content (AvgIpc) is 2.44. The number of rotatable bonds is 5. The van der Waals surface area contributed by atoms with Gasteiger partial charge < -0.3 is 9.47 Å². The number of ether oxygens (including phenoxy) is 2. The topological polar surface area (TPSA) is 107 Å². The molecule has 0 aliphatic heterocycles. The smallest absolute Gasteiger partial charge is 0.435 e. The molecule has 0 aliphatic rings. The van der Waals surface area contributed by atoms with Crippen molar-refractivity contribution in [1.82, 2.24) is 0 Å². The lowest BCUT2D eigenvalue weighted by atomic mass is 10.1. The highest BCUT2D eigenvalue weighted by Gasteiger charge is 2.76. The van der Waals surface area contributed by atoms with Gasteiger partial charge in [0, 0.05) is 6.92 Å². The number of halogens is 7. The van der Waals surface area contributed by atoms with Gasteiger partial charge in [-0.3, -0.25) is 9.35 Å². The second-order valence-electron chi connectivity index (χ2n) is 5.18. The number of benzene rings is 1. The van der Waals surface area contributed by atoms with Gasteiger partial charge in [-0.1, -0.05) is 0 Å². The second kappa shape index (κ2) is 8.02. The Bertz CT molecular complexity index is 864. The fraction of sp³-hybridized carbons (Fsp3) is 0.385. The molecule has 0 bridgehead atoms. The lowest BCUT2D eigenvalue weighted by molar-refractivity contribution is -0.356. The normalized spacial score (nSPS) is 13.2. The van der Waals surface area contributed by atoms with Crippen LogP contribution in [-0.2, 0) is 19.6 Å². The van der Waals surface area contributed by atoms with Crippen molar-refractivity contribution in [3.63, 3.8) is 0 Å². The minimum atomic E-state index is -6.45. The molecule has 1 rings (SSSR count). The predicted octanol–water partition coefficient (Wildman–Crippen LogP) is 3.12. The van der Waals surface area contributed by atoms with Gasteiger partial charge in [-0.25, -0.2) is 4.79 Å². The van der Waals surface area contributed by atoms with Crippen LogP contribution in [0.3, 0.4) is 0 Å². The van der Waals surface area contributed by atoms with E-state index in [2.05, 4.69) is 9.47 Å². The Kier molecular flexibility index (Phi) is 6.99. The summed E-state index contributed by atoms with van der Waals surface area (Å²) < 4.78 is 117. The van der Waals surface area contributed by atoms with Crippen LogP contribution in [0.5, 0.6) is 5.75 Å². The van der Waals surface area contributed by atoms with Crippen LogP contribution in [0.15, 0.2) is 18.2 Å². The fourth-order valence-corrected chi connectivity index (χ4v) is 3.15. The summed E-state index contributed by atoms with van der Waals surface area (Å²) in [6, 6.07) is 2.43. The van der Waals surface area contributed by atoms with E-state index in [0.29, 0.717) is 6.07 Å². The number of carbonyl (C=O) groups is 2. The van der Waals surface area contributed by atoms with Gasteiger partial charge in [0.05, 0.1) is 9.13 Å². The van der Waals surface area contributed by atoms with Crippen LogP contribution in [0.2, 0.25) is 0 Å². The fourth-order valence-electron chi connectivity index (χ4n) is 1.81. The molecule has 158 valence electrons. The molecule has 0 atom stereocenters. The molecule has 0 radical (unpaired) electrons. The summed E-state index contributed by atoms with van der Waals surface area (Å²) >= 11 is 1.60. The van der Waals surface area contributed by atoms with Gasteiger partial charge in [-0.2, -0.15) is 34.8 Å². The van der Waals surface area contributed by atoms with E-state index < -0.39 is 51.3 Å². The first-order valence-corrected chi connectivity index (χ1v) is 9.38. The standard InChI is InChI=1S/C13H9F6IO7S/c1-6(21)26-9-4-7(2-3-8(9)20)10(22)27-11(12(14,15)16,13(17,18)19)5-28(23,24)25/h2-4H,5H2,1H3,(H,23,24,25). The average molecular weight is 550 g/mol. The Hall–Kier alpha value is -1.62. The van der Waals surface area contributed by atoms with Crippen molar-refractivity contribution in [3.05, 3.63) is 27.3 Å². The first-order valence-electron chi connectivity index (χ1n) is 6.69. The number of esters is 2. The van der Waals surface area contributed by atoms with Gasteiger partial charge >= 0.3 is 29.9 Å². The first-order chi connectivity index (χ1) is 12.4. The van der Waals surface area contributed by atoms with Crippen molar-refractivity contribution in [2.75, 3.05) is 5.75 Å². The van der Waals surface area contributed by atoms with E-state index in [1.165, 1.54) is 0 Å². The van der Waals surface area contributed by atoms with E-state index in [1.807, 2.05) is 0 Å². The maximum atomic E-state index is 13.1. The molecule has 0 aromatic heterocycles. The lowest BCUT2D eigenvalue weighted by Gasteiger charge is -2.35. The SMILES string of the molecule is CC(=O)Oc1cc(C(=O)OC(CS(=O)(=O)O)(C(F)(F)F)C(F)(F)F)ccc1I. The molecule has 0 spiro atoms. The Labute approximate surface area is 166 Å². The number of alkyl halides is 6. The van der Waals surface area contributed by atoms with Crippen LogP contribution in [0.4, 0.5) is 26.3 Å². The van der Waals surface area contributed by atoms with Gasteiger partial charge in [-0.05, 0) is 40.8 Å². The number of hydrogen-bond acceptors (Lipinski definition) is 6. The minimum Gasteiger partial charge on any atom is -0.435 e. The highest BCUT2D eigenvalue weighted by molar-refractivity contribution is 14.1. The zero-order valence-electron chi connectivity index (χ0n) is 13.4. The summed E-state index contributed by atoms with van der Waals surface area (Å²) in [4.78, 5) is 22.9. The lowest BCUT2D eigenvalue weighted by Crippen LogP contribution is -2.63. The molecule has 0 amide bonds. The van der Waals surface area contributed by atoms with Crippen LogP contribution in [0.1, 0.15) is 17.3 Å². The van der Waals surface area contributed by atoms with E-state index >= 15 is 0 Å². The van der Waals surface area contributed by atoms with Crippen molar-refractivity contribution in [3.8, 4) is 5.75 Å². The van der Waals surface area contributed by atoms with E-state index in [9.17, 15) is 44.3 Å². The van der Waals surface area contributed by atoms with Crippen molar-refractivity contribution in [2.45, 2.75) is 24.9 Å². The van der Waals surface area contributed by atoms with Crippen LogP contribution in [0, 0.1) is 3.57 Å². The molecule has 0 unspecified atom stereocenters. The highest BCUT2D eigenvalue weighted by atomic mass is 127. The quantitative estimate of drug-likeness (QED) is 0.198. The summed E-state index contributed by atoms with van der Waals surface area (Å²) in [5.41, 5.74) is -6.43. The Morgan fingerprint density at radius 3 is 2.00 bits per heavy atom. The Morgan fingerprint density at radius 2 is 1.61 bits per heavy atom. The molecule has 0 heterocycles. The summed E-state index contributed by atoms with van der Waals surface area (Å²) in [5, 5.41) is 0. The number of hydrogen-bond donors (Lipinski definition) is 1. The molecule has 0 aliphatic carbocycles. The summed E-state index contributed by atoms with van der Waals surface area (Å²) in [7, 11) is -5.89. The maximum Gasteiger partial charge on any atom is 0.438 e. The molecule has 1 N–H and O–H groups in total. The van der Waals surface area contributed by atoms with Crippen LogP contribution >= 0.6 is 22.6 Å². The molecular weight excluding hydrogens is 541 g/mol. The van der Waals surface area contributed by atoms with Crippen LogP contribution in [-0.4, -0.2) is 48.6 Å². The van der Waals surface area contributed by atoms with E-state index in [-0.39, 0.29) is 9.32 Å². The summed E-state index contributed by atoms with van der Waals surface area (Å²) in [5.74, 6) is -6.47. The molecule has 0 fully saturated rings. The third-order valence-electron chi connectivity index (χ3n) is 2.99. The molecule has 1 aromatic carbocycles. The Balaban J connectivity index is 3.48. The minimum absolute atomic E-state index is 0.181. The van der Waals surface area contributed by atoms with Gasteiger partial charge in [0.2, 0.25) is 0 Å². The molecule has 0 saturated heterocycles. The van der Waals surface area contributed by atoms with Gasteiger partial charge in [0.15, 0.2) is 0 Å². The summed E-state index contributed by atoms with van der Waals surface area (Å²) in [6.07, 6.45) is -12.9. The Morgan fingerprint density at radius 1 is 1.11 bits per heavy atom. The van der Waals surface area contributed by atoms with Crippen LogP contribution in [0.25, 0.3) is 0 Å². The first kappa shape index (κ1) is 24.4. The van der Waals surface area contributed by atoms with Gasteiger partial charge in [-0.15, -0.1) is 0 Å². The molecule has 15 heteroatoms. The van der Waals surface area contributed by atoms with E-state index in [0.717, 1.165) is 19.1 Å². The molecule has 1 aromatic rings. The monoisotopic (exact) mass is 550 g/mol. The van der Waals surface area contributed by atoms with Crippen molar-refractivity contribution in [1.29, 1.82) is 0 Å². The van der Waals surface area contributed by atoms with Crippen molar-refractivity contribution < 1.29 is 58.4 Å². The molecule has 0 saturated carbocycles. The maximum absolute atomic E-state index is 13.1. The van der Waals surface area contributed by atoms with Crippen molar-refractivity contribution >= 4 is 44.6 Å². The third kappa shape index (κ3) is 5.69. The molecule has 7 nitrogen and oxygen atoms in total. The summed E-state index contributed by atoms with van der Waals surface area (Å²) in [6.45, 7) is 0.950. The highest BCUT2D eigenvalue weighted by Crippen LogP contribution is 2.47. The van der Waals surface area contributed by atoms with E-state index in [1.54, 1.807) is 22.6 Å². The van der Waals surface area contributed by atoms with E-state index in [4.69, 9.17) is 4.55 Å². The second-order valence-corrected chi connectivity index (χ2v) is 7.79.